The van der Waals surface area contributed by atoms with Crippen molar-refractivity contribution in [2.24, 2.45) is 0 Å². The number of esters is 1. The SMILES string of the molecule is CC(NP(=O)(O)Oc1cccc2ccccc12)C(=O)OC1CCCCC1. The monoisotopic (exact) mass is 377 g/mol. The van der Waals surface area contributed by atoms with Crippen molar-refractivity contribution >= 4 is 24.5 Å². The molecule has 0 aromatic heterocycles. The molecular formula is C19H24NO5P. The number of ether oxygens (including phenoxy) is 1. The van der Waals surface area contributed by atoms with E-state index in [-0.39, 0.29) is 11.9 Å². The number of hydrogen-bond donors (Lipinski definition) is 2. The lowest BCUT2D eigenvalue weighted by molar-refractivity contribution is -0.152. The zero-order valence-electron chi connectivity index (χ0n) is 14.8. The number of carbonyl (C=O) groups is 1. The van der Waals surface area contributed by atoms with Crippen LogP contribution in [-0.2, 0) is 14.1 Å². The molecular weight excluding hydrogens is 353 g/mol. The van der Waals surface area contributed by atoms with Gasteiger partial charge in [0.05, 0.1) is 0 Å². The Bertz CT molecular complexity index is 813. The van der Waals surface area contributed by atoms with E-state index in [1.165, 1.54) is 6.92 Å². The van der Waals surface area contributed by atoms with E-state index in [1.54, 1.807) is 12.1 Å². The second-order valence-corrected chi connectivity index (χ2v) is 8.12. The van der Waals surface area contributed by atoms with E-state index in [4.69, 9.17) is 9.26 Å². The van der Waals surface area contributed by atoms with Gasteiger partial charge >= 0.3 is 13.7 Å². The number of hydrogen-bond acceptors (Lipinski definition) is 4. The molecule has 26 heavy (non-hydrogen) atoms. The maximum Gasteiger partial charge on any atom is 0.456 e. The highest BCUT2D eigenvalue weighted by molar-refractivity contribution is 7.51. The topological polar surface area (TPSA) is 84.9 Å². The summed E-state index contributed by atoms with van der Waals surface area (Å²) in [5.74, 6) is -0.248. The van der Waals surface area contributed by atoms with Crippen LogP contribution in [0.15, 0.2) is 42.5 Å². The lowest BCUT2D eigenvalue weighted by atomic mass is 9.98. The summed E-state index contributed by atoms with van der Waals surface area (Å²) in [5.41, 5.74) is 0. The van der Waals surface area contributed by atoms with Gasteiger partial charge in [-0.2, -0.15) is 5.09 Å². The van der Waals surface area contributed by atoms with Crippen LogP contribution in [0.1, 0.15) is 39.0 Å². The van der Waals surface area contributed by atoms with Gasteiger partial charge in [0.15, 0.2) is 0 Å². The minimum Gasteiger partial charge on any atom is -0.461 e. The highest BCUT2D eigenvalue weighted by Crippen LogP contribution is 2.41. The molecule has 0 spiro atoms. The molecule has 0 bridgehead atoms. The molecule has 1 aliphatic rings. The average Bonchev–Trinajstić information content (AvgIpc) is 2.62. The Labute approximate surface area is 153 Å². The molecule has 1 fully saturated rings. The quantitative estimate of drug-likeness (QED) is 0.580. The third-order valence-corrected chi connectivity index (χ3v) is 5.67. The maximum absolute atomic E-state index is 12.4. The standard InChI is InChI=1S/C19H24NO5P/c1-14(19(21)24-16-10-3-2-4-11-16)20-26(22,23)25-18-13-7-9-15-8-5-6-12-17(15)18/h5-9,12-14,16H,2-4,10-11H2,1H3,(H2,20,22,23). The molecule has 0 heterocycles. The minimum absolute atomic E-state index is 0.0995. The molecule has 2 atom stereocenters. The number of carbonyl (C=O) groups excluding carboxylic acids is 1. The van der Waals surface area contributed by atoms with Gasteiger partial charge in [0.2, 0.25) is 0 Å². The van der Waals surface area contributed by atoms with Crippen LogP contribution in [0.4, 0.5) is 0 Å². The van der Waals surface area contributed by atoms with Crippen molar-refractivity contribution in [3.05, 3.63) is 42.5 Å². The molecule has 0 radical (unpaired) electrons. The van der Waals surface area contributed by atoms with Crippen LogP contribution < -0.4 is 9.61 Å². The molecule has 2 unspecified atom stereocenters. The molecule has 0 aliphatic heterocycles. The van der Waals surface area contributed by atoms with Gasteiger partial charge in [-0.15, -0.1) is 0 Å². The van der Waals surface area contributed by atoms with Gasteiger partial charge in [-0.05, 0) is 44.1 Å². The lowest BCUT2D eigenvalue weighted by Gasteiger charge is -2.24. The van der Waals surface area contributed by atoms with E-state index in [2.05, 4.69) is 5.09 Å². The lowest BCUT2D eigenvalue weighted by Crippen LogP contribution is -2.36. The van der Waals surface area contributed by atoms with Crippen molar-refractivity contribution in [2.45, 2.75) is 51.2 Å². The van der Waals surface area contributed by atoms with E-state index in [0.29, 0.717) is 0 Å². The first-order chi connectivity index (χ1) is 12.4. The van der Waals surface area contributed by atoms with Gasteiger partial charge in [-0.1, -0.05) is 42.8 Å². The van der Waals surface area contributed by atoms with Crippen molar-refractivity contribution in [3.63, 3.8) is 0 Å². The Hall–Kier alpha value is -1.88. The number of fused-ring (bicyclic) bond motifs is 1. The molecule has 7 heteroatoms. The van der Waals surface area contributed by atoms with Gasteiger partial charge in [-0.25, -0.2) is 4.57 Å². The second kappa shape index (κ2) is 8.21. The summed E-state index contributed by atoms with van der Waals surface area (Å²) in [4.78, 5) is 22.3. The van der Waals surface area contributed by atoms with Crippen LogP contribution in [0.5, 0.6) is 5.75 Å². The maximum atomic E-state index is 12.4. The van der Waals surface area contributed by atoms with Crippen molar-refractivity contribution < 1.29 is 23.5 Å². The second-order valence-electron chi connectivity index (χ2n) is 6.64. The normalized spacial score (nSPS) is 18.8. The summed E-state index contributed by atoms with van der Waals surface area (Å²) >= 11 is 0. The van der Waals surface area contributed by atoms with E-state index in [0.717, 1.165) is 42.9 Å². The van der Waals surface area contributed by atoms with Crippen LogP contribution in [0.2, 0.25) is 0 Å². The first kappa shape index (κ1) is 18.9. The van der Waals surface area contributed by atoms with Crippen molar-refractivity contribution in [1.29, 1.82) is 0 Å². The number of benzene rings is 2. The summed E-state index contributed by atoms with van der Waals surface area (Å²) in [5, 5.41) is 4.00. The number of nitrogens with one attached hydrogen (secondary N) is 1. The fourth-order valence-electron chi connectivity index (χ4n) is 3.18. The Morgan fingerprint density at radius 1 is 1.15 bits per heavy atom. The van der Waals surface area contributed by atoms with Crippen LogP contribution in [0, 0.1) is 0 Å². The Morgan fingerprint density at radius 3 is 2.62 bits per heavy atom. The number of rotatable bonds is 6. The Balaban J connectivity index is 1.64. The summed E-state index contributed by atoms with van der Waals surface area (Å²) in [6.45, 7) is 1.50. The molecule has 2 aromatic rings. The molecule has 6 nitrogen and oxygen atoms in total. The summed E-state index contributed by atoms with van der Waals surface area (Å²) in [7, 11) is -4.23. The molecule has 140 valence electrons. The van der Waals surface area contributed by atoms with Gasteiger partial charge in [-0.3, -0.25) is 4.79 Å². The first-order valence-corrected chi connectivity index (χ1v) is 10.5. The molecule has 0 amide bonds. The molecule has 0 saturated heterocycles. The predicted octanol–water partition coefficient (Wildman–Crippen LogP) is 4.17. The van der Waals surface area contributed by atoms with Gasteiger partial charge in [0.1, 0.15) is 17.9 Å². The van der Waals surface area contributed by atoms with E-state index >= 15 is 0 Å². The van der Waals surface area contributed by atoms with Crippen molar-refractivity contribution in [2.75, 3.05) is 0 Å². The van der Waals surface area contributed by atoms with Crippen LogP contribution >= 0.6 is 7.75 Å². The summed E-state index contributed by atoms with van der Waals surface area (Å²) in [6.07, 6.45) is 4.85. The molecule has 2 aromatic carbocycles. The largest absolute Gasteiger partial charge is 0.461 e. The highest BCUT2D eigenvalue weighted by Gasteiger charge is 2.30. The summed E-state index contributed by atoms with van der Waals surface area (Å²) < 4.78 is 23.2. The first-order valence-electron chi connectivity index (χ1n) is 8.93. The van der Waals surface area contributed by atoms with Crippen LogP contribution in [-0.4, -0.2) is 23.0 Å². The van der Waals surface area contributed by atoms with Gasteiger partial charge in [0.25, 0.3) is 0 Å². The molecule has 1 saturated carbocycles. The van der Waals surface area contributed by atoms with Crippen LogP contribution in [0.3, 0.4) is 0 Å². The molecule has 2 N–H and O–H groups in total. The third-order valence-electron chi connectivity index (χ3n) is 4.52. The predicted molar refractivity (Wildman–Crippen MR) is 100.0 cm³/mol. The fraction of sp³-hybridized carbons (Fsp3) is 0.421. The zero-order valence-corrected chi connectivity index (χ0v) is 15.7. The zero-order chi connectivity index (χ0) is 18.6. The fourth-order valence-corrected chi connectivity index (χ4v) is 4.26. The molecule has 1 aliphatic carbocycles. The Kier molecular flexibility index (Phi) is 5.97. The minimum atomic E-state index is -4.23. The van der Waals surface area contributed by atoms with E-state index in [1.807, 2.05) is 30.3 Å². The van der Waals surface area contributed by atoms with Gasteiger partial charge in [0, 0.05) is 5.39 Å². The van der Waals surface area contributed by atoms with E-state index in [9.17, 15) is 14.3 Å². The third kappa shape index (κ3) is 4.85. The van der Waals surface area contributed by atoms with Gasteiger partial charge < -0.3 is 14.2 Å². The van der Waals surface area contributed by atoms with Crippen LogP contribution in [0.25, 0.3) is 10.8 Å². The van der Waals surface area contributed by atoms with E-state index < -0.39 is 19.8 Å². The molecule has 3 rings (SSSR count). The van der Waals surface area contributed by atoms with Crippen molar-refractivity contribution in [3.8, 4) is 5.75 Å². The van der Waals surface area contributed by atoms with Crippen molar-refractivity contribution in [1.82, 2.24) is 5.09 Å². The highest BCUT2D eigenvalue weighted by atomic mass is 31.2. The Morgan fingerprint density at radius 2 is 1.85 bits per heavy atom. The smallest absolute Gasteiger partial charge is 0.456 e. The average molecular weight is 377 g/mol. The summed E-state index contributed by atoms with van der Waals surface area (Å²) in [6, 6.07) is 11.7.